The quantitative estimate of drug-likeness (QED) is 0.360. The third kappa shape index (κ3) is 10.2. The fourth-order valence-electron chi connectivity index (χ4n) is 5.69. The van der Waals surface area contributed by atoms with Crippen molar-refractivity contribution in [2.24, 2.45) is 5.92 Å². The van der Waals surface area contributed by atoms with Crippen molar-refractivity contribution >= 4 is 29.5 Å². The van der Waals surface area contributed by atoms with Crippen LogP contribution in [0.3, 0.4) is 0 Å². The lowest BCUT2D eigenvalue weighted by Crippen LogP contribution is -2.55. The minimum Gasteiger partial charge on any atom is -0.444 e. The van der Waals surface area contributed by atoms with E-state index in [9.17, 15) is 19.2 Å². The third-order valence-corrected chi connectivity index (χ3v) is 8.32. The summed E-state index contributed by atoms with van der Waals surface area (Å²) in [6.07, 6.45) is 5.13. The Labute approximate surface area is 255 Å². The summed E-state index contributed by atoms with van der Waals surface area (Å²) in [5.41, 5.74) is -0.232. The predicted molar refractivity (Wildman–Crippen MR) is 164 cm³/mol. The zero-order valence-electron chi connectivity index (χ0n) is 26.6. The number of rotatable bonds is 9. The number of likely N-dealkylation sites (N-methyl/N-ethyl adjacent to an activating group) is 1. The molecule has 3 N–H and O–H groups in total. The van der Waals surface area contributed by atoms with Crippen molar-refractivity contribution in [1.29, 1.82) is 0 Å². The van der Waals surface area contributed by atoms with Crippen LogP contribution in [0.2, 0.25) is 0 Å². The lowest BCUT2D eigenvalue weighted by atomic mass is 9.90. The summed E-state index contributed by atoms with van der Waals surface area (Å²) in [7, 11) is 2.00. The highest BCUT2D eigenvalue weighted by molar-refractivity contribution is 5.97. The first-order valence-corrected chi connectivity index (χ1v) is 15.7. The average Bonchev–Trinajstić information content (AvgIpc) is 3.23. The molecule has 3 rings (SSSR count). The maximum atomic E-state index is 15.5. The van der Waals surface area contributed by atoms with Gasteiger partial charge in [-0.3, -0.25) is 14.4 Å². The fourth-order valence-corrected chi connectivity index (χ4v) is 5.69. The number of piperazine rings is 1. The Kier molecular flexibility index (Phi) is 12.4. The van der Waals surface area contributed by atoms with Crippen molar-refractivity contribution in [3.63, 3.8) is 0 Å². The van der Waals surface area contributed by atoms with E-state index >= 15 is 4.39 Å². The van der Waals surface area contributed by atoms with Gasteiger partial charge in [-0.05, 0) is 64.3 Å². The molecule has 1 aliphatic carbocycles. The van der Waals surface area contributed by atoms with Gasteiger partial charge in [-0.2, -0.15) is 0 Å². The molecular formula is C32H50FN5O5. The standard InChI is InChI=1S/C32H50FN5O5/c1-7-26(39)35-27(30(41)38-18-16-37(6)17-19-38)21(2)23-14-15-25(24(33)20-23)34-29(40)28(22-12-10-8-9-11-13-22)36-31(42)43-32(3,4)5/h14-15,20-22,27-28H,7-13,16-19H2,1-6H3,(H,34,40)(H,35,39)(H,36,42)/t21-,27+,28-/m0/s1. The Morgan fingerprint density at radius 2 is 1.63 bits per heavy atom. The molecule has 1 saturated carbocycles. The number of carbonyl (C=O) groups is 4. The molecule has 43 heavy (non-hydrogen) atoms. The Morgan fingerprint density at radius 3 is 2.19 bits per heavy atom. The minimum atomic E-state index is -0.874. The van der Waals surface area contributed by atoms with Gasteiger partial charge < -0.3 is 30.5 Å². The summed E-state index contributed by atoms with van der Waals surface area (Å²) >= 11 is 0. The van der Waals surface area contributed by atoms with Crippen LogP contribution >= 0.6 is 0 Å². The molecule has 11 heteroatoms. The summed E-state index contributed by atoms with van der Waals surface area (Å²) in [5, 5.41) is 8.26. The molecule has 3 atom stereocenters. The molecule has 4 amide bonds. The number of nitrogens with zero attached hydrogens (tertiary/aromatic N) is 2. The van der Waals surface area contributed by atoms with Gasteiger partial charge in [0.25, 0.3) is 0 Å². The molecule has 0 radical (unpaired) electrons. The van der Waals surface area contributed by atoms with Crippen LogP contribution in [-0.2, 0) is 19.1 Å². The van der Waals surface area contributed by atoms with Gasteiger partial charge in [0.05, 0.1) is 5.69 Å². The first-order chi connectivity index (χ1) is 20.3. The van der Waals surface area contributed by atoms with Crippen molar-refractivity contribution < 1.29 is 28.3 Å². The molecule has 1 aromatic rings. The van der Waals surface area contributed by atoms with Gasteiger partial charge >= 0.3 is 6.09 Å². The lowest BCUT2D eigenvalue weighted by Gasteiger charge is -2.36. The number of alkyl carbamates (subject to hydrolysis) is 1. The number of carbonyl (C=O) groups excluding carboxylic acids is 4. The first-order valence-electron chi connectivity index (χ1n) is 15.7. The average molecular weight is 604 g/mol. The van der Waals surface area contributed by atoms with Crippen LogP contribution in [0.4, 0.5) is 14.9 Å². The summed E-state index contributed by atoms with van der Waals surface area (Å²) in [6, 6.07) is 2.70. The molecule has 1 heterocycles. The van der Waals surface area contributed by atoms with Gasteiger partial charge in [0.2, 0.25) is 17.7 Å². The van der Waals surface area contributed by atoms with Gasteiger partial charge in [-0.15, -0.1) is 0 Å². The maximum absolute atomic E-state index is 15.5. The van der Waals surface area contributed by atoms with Crippen LogP contribution in [0.25, 0.3) is 0 Å². The lowest BCUT2D eigenvalue weighted by molar-refractivity contribution is -0.138. The van der Waals surface area contributed by atoms with Crippen LogP contribution in [0, 0.1) is 11.7 Å². The van der Waals surface area contributed by atoms with E-state index in [1.54, 1.807) is 45.6 Å². The smallest absolute Gasteiger partial charge is 0.408 e. The highest BCUT2D eigenvalue weighted by Gasteiger charge is 2.34. The van der Waals surface area contributed by atoms with Crippen molar-refractivity contribution in [3.05, 3.63) is 29.6 Å². The van der Waals surface area contributed by atoms with E-state index in [0.29, 0.717) is 18.7 Å². The monoisotopic (exact) mass is 603 g/mol. The van der Waals surface area contributed by atoms with E-state index in [4.69, 9.17) is 4.74 Å². The van der Waals surface area contributed by atoms with Crippen LogP contribution < -0.4 is 16.0 Å². The van der Waals surface area contributed by atoms with E-state index < -0.39 is 41.4 Å². The van der Waals surface area contributed by atoms with E-state index in [2.05, 4.69) is 20.9 Å². The second kappa shape index (κ2) is 15.5. The van der Waals surface area contributed by atoms with Crippen molar-refractivity contribution in [2.75, 3.05) is 38.5 Å². The molecule has 1 aliphatic heterocycles. The zero-order valence-corrected chi connectivity index (χ0v) is 26.6. The Bertz CT molecular complexity index is 1120. The normalized spacial score (nSPS) is 19.0. The summed E-state index contributed by atoms with van der Waals surface area (Å²) < 4.78 is 20.9. The molecule has 240 valence electrons. The van der Waals surface area contributed by atoms with Gasteiger partial charge in [-0.25, -0.2) is 9.18 Å². The fraction of sp³-hybridized carbons (Fsp3) is 0.688. The highest BCUT2D eigenvalue weighted by Crippen LogP contribution is 2.29. The summed E-state index contributed by atoms with van der Waals surface area (Å²) in [5.74, 6) is -2.24. The Hall–Kier alpha value is -3.21. The van der Waals surface area contributed by atoms with Crippen LogP contribution in [0.15, 0.2) is 18.2 Å². The number of hydrogen-bond donors (Lipinski definition) is 3. The van der Waals surface area contributed by atoms with Crippen molar-refractivity contribution in [1.82, 2.24) is 20.4 Å². The maximum Gasteiger partial charge on any atom is 0.408 e. The number of amides is 4. The Balaban J connectivity index is 1.78. The minimum absolute atomic E-state index is 0.0231. The summed E-state index contributed by atoms with van der Waals surface area (Å²) in [6.45, 7) is 11.3. The molecule has 0 aromatic heterocycles. The zero-order chi connectivity index (χ0) is 31.7. The van der Waals surface area contributed by atoms with Crippen molar-refractivity contribution in [2.45, 2.75) is 103 Å². The highest BCUT2D eigenvalue weighted by atomic mass is 19.1. The van der Waals surface area contributed by atoms with E-state index in [1.165, 1.54) is 12.1 Å². The molecule has 1 saturated heterocycles. The number of nitrogens with one attached hydrogen (secondary N) is 3. The topological polar surface area (TPSA) is 120 Å². The SMILES string of the molecule is CCC(=O)N[C@@H](C(=O)N1CCN(C)CC1)[C@@H](C)c1ccc(NC(=O)[C@@H](NC(=O)OC(C)(C)C)C2CCCCCC2)c(F)c1. The molecule has 0 unspecified atom stereocenters. The van der Waals surface area contributed by atoms with Gasteiger partial charge in [-0.1, -0.05) is 45.6 Å². The molecule has 0 bridgehead atoms. The molecule has 10 nitrogen and oxygen atoms in total. The largest absolute Gasteiger partial charge is 0.444 e. The summed E-state index contributed by atoms with van der Waals surface area (Å²) in [4.78, 5) is 55.9. The van der Waals surface area contributed by atoms with Crippen LogP contribution in [-0.4, -0.2) is 84.5 Å². The van der Waals surface area contributed by atoms with Gasteiger partial charge in [0.15, 0.2) is 0 Å². The third-order valence-electron chi connectivity index (χ3n) is 8.32. The molecule has 0 spiro atoms. The van der Waals surface area contributed by atoms with Gasteiger partial charge in [0.1, 0.15) is 23.5 Å². The van der Waals surface area contributed by atoms with E-state index in [-0.39, 0.29) is 29.8 Å². The number of ether oxygens (including phenoxy) is 1. The van der Waals surface area contributed by atoms with Gasteiger partial charge in [0, 0.05) is 38.5 Å². The number of benzene rings is 1. The first kappa shape index (κ1) is 34.3. The van der Waals surface area contributed by atoms with Crippen LogP contribution in [0.5, 0.6) is 0 Å². The molecule has 1 aromatic carbocycles. The number of anilines is 1. The number of halogens is 1. The van der Waals surface area contributed by atoms with E-state index in [0.717, 1.165) is 51.6 Å². The Morgan fingerprint density at radius 1 is 1.00 bits per heavy atom. The number of hydrogen-bond acceptors (Lipinski definition) is 6. The van der Waals surface area contributed by atoms with Crippen LogP contribution in [0.1, 0.15) is 91.0 Å². The molecule has 2 fully saturated rings. The van der Waals surface area contributed by atoms with Crippen molar-refractivity contribution in [3.8, 4) is 0 Å². The molecule has 2 aliphatic rings. The second-order valence-corrected chi connectivity index (χ2v) is 12.9. The predicted octanol–water partition coefficient (Wildman–Crippen LogP) is 4.40. The van der Waals surface area contributed by atoms with E-state index in [1.807, 2.05) is 7.05 Å². The second-order valence-electron chi connectivity index (χ2n) is 12.9. The molecular weight excluding hydrogens is 553 g/mol.